The molecule has 32 heavy (non-hydrogen) atoms. The molecule has 168 valence electrons. The Morgan fingerprint density at radius 2 is 1.62 bits per heavy atom. The minimum Gasteiger partial charge on any atom is -0.494 e. The van der Waals surface area contributed by atoms with Gasteiger partial charge in [0, 0.05) is 31.7 Å². The minimum absolute atomic E-state index is 0.394. The fourth-order valence-corrected chi connectivity index (χ4v) is 5.55. The third kappa shape index (κ3) is 4.61. The van der Waals surface area contributed by atoms with Crippen LogP contribution in [-0.4, -0.2) is 55.7 Å². The van der Waals surface area contributed by atoms with Crippen LogP contribution in [0, 0.1) is 13.8 Å². The molecule has 2 heterocycles. The molecule has 1 fully saturated rings. The standard InChI is InChI=1S/C24H28N4O3S/c1-4-31-21-9-7-20(8-10-21)22-11-12-24(26-25-22)27-13-15-28(16-14-27)32(29,30)23-17-18(2)5-6-19(23)3/h5-12,17H,4,13-16H2,1-3H3. The van der Waals surface area contributed by atoms with Crippen molar-refractivity contribution in [1.29, 1.82) is 0 Å². The topological polar surface area (TPSA) is 75.6 Å². The lowest BCUT2D eigenvalue weighted by Gasteiger charge is -2.34. The molecule has 1 saturated heterocycles. The molecule has 0 unspecified atom stereocenters. The van der Waals surface area contributed by atoms with Crippen LogP contribution in [0.15, 0.2) is 59.5 Å². The van der Waals surface area contributed by atoms with Crippen LogP contribution >= 0.6 is 0 Å². The molecule has 3 aromatic rings. The van der Waals surface area contributed by atoms with Gasteiger partial charge in [-0.15, -0.1) is 10.2 Å². The molecule has 0 atom stereocenters. The molecule has 0 amide bonds. The van der Waals surface area contributed by atoms with E-state index in [2.05, 4.69) is 15.1 Å². The molecule has 2 aromatic carbocycles. The summed E-state index contributed by atoms with van der Waals surface area (Å²) in [6, 6.07) is 17.2. The predicted molar refractivity (Wildman–Crippen MR) is 126 cm³/mol. The Kier molecular flexibility index (Phi) is 6.43. The first kappa shape index (κ1) is 22.2. The van der Waals surface area contributed by atoms with Crippen LogP contribution in [0.3, 0.4) is 0 Å². The molecule has 0 N–H and O–H groups in total. The van der Waals surface area contributed by atoms with E-state index in [1.165, 1.54) is 0 Å². The van der Waals surface area contributed by atoms with Gasteiger partial charge in [0.1, 0.15) is 5.75 Å². The molecule has 1 aliphatic rings. The van der Waals surface area contributed by atoms with Crippen LogP contribution in [0.2, 0.25) is 0 Å². The lowest BCUT2D eigenvalue weighted by molar-refractivity contribution is 0.340. The quantitative estimate of drug-likeness (QED) is 0.568. The maximum Gasteiger partial charge on any atom is 0.243 e. The van der Waals surface area contributed by atoms with E-state index >= 15 is 0 Å². The highest BCUT2D eigenvalue weighted by molar-refractivity contribution is 7.89. The molecule has 0 saturated carbocycles. The van der Waals surface area contributed by atoms with Gasteiger partial charge in [0.15, 0.2) is 5.82 Å². The van der Waals surface area contributed by atoms with Crippen molar-refractivity contribution < 1.29 is 13.2 Å². The second kappa shape index (κ2) is 9.26. The SMILES string of the molecule is CCOc1ccc(-c2ccc(N3CCN(S(=O)(=O)c4cc(C)ccc4C)CC3)nn2)cc1. The number of ether oxygens (including phenoxy) is 1. The Labute approximate surface area is 189 Å². The largest absolute Gasteiger partial charge is 0.494 e. The second-order valence-electron chi connectivity index (χ2n) is 7.89. The smallest absolute Gasteiger partial charge is 0.243 e. The van der Waals surface area contributed by atoms with Gasteiger partial charge in [0.25, 0.3) is 0 Å². The van der Waals surface area contributed by atoms with Crippen molar-refractivity contribution >= 4 is 15.8 Å². The van der Waals surface area contributed by atoms with Crippen LogP contribution in [0.4, 0.5) is 5.82 Å². The van der Waals surface area contributed by atoms with Gasteiger partial charge < -0.3 is 9.64 Å². The highest BCUT2D eigenvalue weighted by Crippen LogP contribution is 2.25. The summed E-state index contributed by atoms with van der Waals surface area (Å²) < 4.78 is 33.3. The second-order valence-corrected chi connectivity index (χ2v) is 9.80. The van der Waals surface area contributed by atoms with E-state index in [9.17, 15) is 8.42 Å². The van der Waals surface area contributed by atoms with Gasteiger partial charge in [0.2, 0.25) is 10.0 Å². The Balaban J connectivity index is 1.42. The third-order valence-corrected chi connectivity index (χ3v) is 7.68. The number of rotatable bonds is 6. The number of sulfonamides is 1. The Morgan fingerprint density at radius 1 is 0.906 bits per heavy atom. The molecular weight excluding hydrogens is 424 g/mol. The van der Waals surface area contributed by atoms with E-state index in [1.54, 1.807) is 10.4 Å². The summed E-state index contributed by atoms with van der Waals surface area (Å²) >= 11 is 0. The number of benzene rings is 2. The van der Waals surface area contributed by atoms with Gasteiger partial charge in [-0.1, -0.05) is 12.1 Å². The lowest BCUT2D eigenvalue weighted by atomic mass is 10.1. The number of nitrogens with zero attached hydrogens (tertiary/aromatic N) is 4. The highest BCUT2D eigenvalue weighted by Gasteiger charge is 2.30. The summed E-state index contributed by atoms with van der Waals surface area (Å²) in [6.07, 6.45) is 0. The first-order valence-corrected chi connectivity index (χ1v) is 12.2. The molecule has 0 radical (unpaired) electrons. The molecule has 0 spiro atoms. The summed E-state index contributed by atoms with van der Waals surface area (Å²) in [4.78, 5) is 2.47. The molecule has 1 aliphatic heterocycles. The average Bonchev–Trinajstić information content (AvgIpc) is 2.81. The summed E-state index contributed by atoms with van der Waals surface area (Å²) in [5.74, 6) is 1.58. The number of hydrogen-bond acceptors (Lipinski definition) is 6. The first-order valence-electron chi connectivity index (χ1n) is 10.8. The summed E-state index contributed by atoms with van der Waals surface area (Å²) in [7, 11) is -3.51. The fraction of sp³-hybridized carbons (Fsp3) is 0.333. The van der Waals surface area contributed by atoms with E-state index < -0.39 is 10.0 Å². The van der Waals surface area contributed by atoms with E-state index in [0.717, 1.165) is 34.0 Å². The summed E-state index contributed by atoms with van der Waals surface area (Å²) in [6.45, 7) is 8.30. The van der Waals surface area contributed by atoms with E-state index in [1.807, 2.05) is 69.3 Å². The van der Waals surface area contributed by atoms with Crippen LogP contribution in [0.5, 0.6) is 5.75 Å². The van der Waals surface area contributed by atoms with Crippen molar-refractivity contribution in [2.45, 2.75) is 25.7 Å². The number of hydrogen-bond donors (Lipinski definition) is 0. The van der Waals surface area contributed by atoms with Crippen molar-refractivity contribution in [3.8, 4) is 17.0 Å². The normalized spacial score (nSPS) is 15.0. The summed E-state index contributed by atoms with van der Waals surface area (Å²) in [5.41, 5.74) is 3.47. The van der Waals surface area contributed by atoms with Crippen LogP contribution in [0.1, 0.15) is 18.1 Å². The number of piperazine rings is 1. The van der Waals surface area contributed by atoms with Gasteiger partial charge in [0.05, 0.1) is 17.2 Å². The molecule has 8 heteroatoms. The van der Waals surface area contributed by atoms with Crippen molar-refractivity contribution in [3.63, 3.8) is 0 Å². The van der Waals surface area contributed by atoms with Crippen molar-refractivity contribution in [2.75, 3.05) is 37.7 Å². The molecule has 0 bridgehead atoms. The molecule has 1 aromatic heterocycles. The van der Waals surface area contributed by atoms with Crippen LogP contribution in [-0.2, 0) is 10.0 Å². The Hall–Kier alpha value is -2.97. The number of aryl methyl sites for hydroxylation is 2. The van der Waals surface area contributed by atoms with Crippen molar-refractivity contribution in [3.05, 3.63) is 65.7 Å². The Bertz CT molecular complexity index is 1170. The molecule has 0 aliphatic carbocycles. The lowest BCUT2D eigenvalue weighted by Crippen LogP contribution is -2.49. The van der Waals surface area contributed by atoms with Crippen LogP contribution in [0.25, 0.3) is 11.3 Å². The fourth-order valence-electron chi connectivity index (χ4n) is 3.82. The summed E-state index contributed by atoms with van der Waals surface area (Å²) in [5, 5.41) is 8.76. The molecular formula is C24H28N4O3S. The zero-order valence-corrected chi connectivity index (χ0v) is 19.5. The van der Waals surface area contributed by atoms with E-state index in [-0.39, 0.29) is 0 Å². The third-order valence-electron chi connectivity index (χ3n) is 5.64. The number of aromatic nitrogens is 2. The maximum absolute atomic E-state index is 13.1. The van der Waals surface area contributed by atoms with E-state index in [4.69, 9.17) is 4.74 Å². The number of anilines is 1. The minimum atomic E-state index is -3.51. The monoisotopic (exact) mass is 452 g/mol. The van der Waals surface area contributed by atoms with E-state index in [0.29, 0.717) is 37.7 Å². The maximum atomic E-state index is 13.1. The van der Waals surface area contributed by atoms with Gasteiger partial charge in [-0.05, 0) is 74.4 Å². The van der Waals surface area contributed by atoms with Gasteiger partial charge >= 0.3 is 0 Å². The van der Waals surface area contributed by atoms with Crippen molar-refractivity contribution in [2.24, 2.45) is 0 Å². The van der Waals surface area contributed by atoms with Crippen molar-refractivity contribution in [1.82, 2.24) is 14.5 Å². The van der Waals surface area contributed by atoms with Gasteiger partial charge in [-0.2, -0.15) is 4.31 Å². The average molecular weight is 453 g/mol. The molecule has 7 nitrogen and oxygen atoms in total. The predicted octanol–water partition coefficient (Wildman–Crippen LogP) is 3.67. The molecule has 4 rings (SSSR count). The van der Waals surface area contributed by atoms with Gasteiger partial charge in [-0.25, -0.2) is 8.42 Å². The van der Waals surface area contributed by atoms with Gasteiger partial charge in [-0.3, -0.25) is 0 Å². The zero-order chi connectivity index (χ0) is 22.7. The van der Waals surface area contributed by atoms with Crippen LogP contribution < -0.4 is 9.64 Å². The first-order chi connectivity index (χ1) is 15.4. The highest BCUT2D eigenvalue weighted by atomic mass is 32.2. The Morgan fingerprint density at radius 3 is 2.25 bits per heavy atom. The zero-order valence-electron chi connectivity index (χ0n) is 18.7.